The fourth-order valence-corrected chi connectivity index (χ4v) is 3.52. The van der Waals surface area contributed by atoms with E-state index in [4.69, 9.17) is 5.73 Å². The molecule has 0 amide bonds. The molecule has 0 radical (unpaired) electrons. The van der Waals surface area contributed by atoms with E-state index in [1.54, 1.807) is 0 Å². The van der Waals surface area contributed by atoms with Crippen molar-refractivity contribution in [1.82, 2.24) is 9.97 Å². The van der Waals surface area contributed by atoms with Gasteiger partial charge in [0.05, 0.1) is 5.52 Å². The zero-order valence-electron chi connectivity index (χ0n) is 12.8. The molecule has 3 rings (SSSR count). The number of aromatic nitrogens is 2. The average Bonchev–Trinajstić information content (AvgIpc) is 2.47. The highest BCUT2D eigenvalue weighted by atomic mass is 15.1. The maximum absolute atomic E-state index is 5.86. The number of benzene rings is 1. The summed E-state index contributed by atoms with van der Waals surface area (Å²) in [6.45, 7) is 4.63. The summed E-state index contributed by atoms with van der Waals surface area (Å²) in [5.74, 6) is 2.62. The maximum Gasteiger partial charge on any atom is 0.222 e. The molecule has 4 nitrogen and oxygen atoms in total. The van der Waals surface area contributed by atoms with Crippen molar-refractivity contribution in [1.29, 1.82) is 0 Å². The second-order valence-corrected chi connectivity index (χ2v) is 6.39. The minimum atomic E-state index is 0.341. The van der Waals surface area contributed by atoms with E-state index in [2.05, 4.69) is 35.2 Å². The number of fused-ring (bicyclic) bond motifs is 1. The van der Waals surface area contributed by atoms with E-state index in [-0.39, 0.29) is 0 Å². The van der Waals surface area contributed by atoms with Crippen molar-refractivity contribution in [2.24, 2.45) is 11.8 Å². The van der Waals surface area contributed by atoms with E-state index >= 15 is 0 Å². The largest absolute Gasteiger partial charge is 0.368 e. The molecule has 2 atom stereocenters. The predicted octanol–water partition coefficient (Wildman–Crippen LogP) is 3.84. The number of anilines is 2. The Kier molecular flexibility index (Phi) is 3.95. The normalized spacial score (nSPS) is 22.6. The van der Waals surface area contributed by atoms with Gasteiger partial charge in [-0.1, -0.05) is 38.8 Å². The van der Waals surface area contributed by atoms with Crippen LogP contribution in [0.5, 0.6) is 0 Å². The van der Waals surface area contributed by atoms with Crippen LogP contribution in [0.2, 0.25) is 0 Å². The van der Waals surface area contributed by atoms with Crippen LogP contribution in [0.4, 0.5) is 11.8 Å². The molecule has 21 heavy (non-hydrogen) atoms. The summed E-state index contributed by atoms with van der Waals surface area (Å²) >= 11 is 0. The van der Waals surface area contributed by atoms with Crippen LogP contribution in [0.1, 0.15) is 39.5 Å². The van der Waals surface area contributed by atoms with Crippen molar-refractivity contribution < 1.29 is 0 Å². The van der Waals surface area contributed by atoms with Crippen LogP contribution < -0.4 is 11.1 Å². The molecule has 1 saturated carbocycles. The average molecular weight is 284 g/mol. The molecule has 0 spiro atoms. The van der Waals surface area contributed by atoms with Gasteiger partial charge >= 0.3 is 0 Å². The third-order valence-corrected chi connectivity index (χ3v) is 4.62. The van der Waals surface area contributed by atoms with Crippen LogP contribution in [0.15, 0.2) is 24.3 Å². The fraction of sp³-hybridized carbons (Fsp3) is 0.529. The quantitative estimate of drug-likeness (QED) is 0.899. The molecule has 2 aromatic rings. The first-order valence-electron chi connectivity index (χ1n) is 7.94. The molecule has 1 heterocycles. The van der Waals surface area contributed by atoms with Gasteiger partial charge in [-0.15, -0.1) is 0 Å². The Bertz CT molecular complexity index is 623. The second-order valence-electron chi connectivity index (χ2n) is 6.39. The van der Waals surface area contributed by atoms with Gasteiger partial charge in [0.1, 0.15) is 5.82 Å². The smallest absolute Gasteiger partial charge is 0.222 e. The SMILES string of the molecule is CC(C)C1CCCCC1Nc1nc(N)nc2ccccc12. The van der Waals surface area contributed by atoms with Gasteiger partial charge in [-0.05, 0) is 36.8 Å². The fourth-order valence-electron chi connectivity index (χ4n) is 3.52. The van der Waals surface area contributed by atoms with Crippen LogP contribution in [0.3, 0.4) is 0 Å². The van der Waals surface area contributed by atoms with Crippen LogP contribution in [0, 0.1) is 11.8 Å². The van der Waals surface area contributed by atoms with Crippen molar-refractivity contribution in [2.45, 2.75) is 45.6 Å². The van der Waals surface area contributed by atoms with Crippen molar-refractivity contribution >= 4 is 22.7 Å². The molecular weight excluding hydrogens is 260 g/mol. The zero-order valence-corrected chi connectivity index (χ0v) is 12.8. The second kappa shape index (κ2) is 5.88. The molecular formula is C17H24N4. The molecule has 1 aromatic heterocycles. The van der Waals surface area contributed by atoms with Gasteiger partial charge in [0, 0.05) is 11.4 Å². The number of rotatable bonds is 3. The van der Waals surface area contributed by atoms with Crippen LogP contribution in [-0.2, 0) is 0 Å². The number of hydrogen-bond donors (Lipinski definition) is 2. The van der Waals surface area contributed by atoms with Crippen molar-refractivity contribution in [3.63, 3.8) is 0 Å². The monoisotopic (exact) mass is 284 g/mol. The number of nitrogen functional groups attached to an aromatic ring is 1. The standard InChI is InChI=1S/C17H24N4/c1-11(2)12-7-3-5-9-14(12)19-16-13-8-4-6-10-15(13)20-17(18)21-16/h4,6,8,10-12,14H,3,5,7,9H2,1-2H3,(H3,18,19,20,21). The van der Waals surface area contributed by atoms with E-state index < -0.39 is 0 Å². The lowest BCUT2D eigenvalue weighted by atomic mass is 9.78. The summed E-state index contributed by atoms with van der Waals surface area (Å²) < 4.78 is 0. The molecule has 3 N–H and O–H groups in total. The first-order chi connectivity index (χ1) is 10.1. The number of para-hydroxylation sites is 1. The first kappa shape index (κ1) is 14.1. The summed E-state index contributed by atoms with van der Waals surface area (Å²) in [7, 11) is 0. The van der Waals surface area contributed by atoms with Crippen LogP contribution in [-0.4, -0.2) is 16.0 Å². The van der Waals surface area contributed by atoms with Gasteiger partial charge < -0.3 is 11.1 Å². The minimum absolute atomic E-state index is 0.341. The molecule has 1 aromatic carbocycles. The Balaban J connectivity index is 1.93. The van der Waals surface area contributed by atoms with E-state index in [1.807, 2.05) is 18.2 Å². The van der Waals surface area contributed by atoms with E-state index in [0.717, 1.165) is 16.7 Å². The summed E-state index contributed by atoms with van der Waals surface area (Å²) in [5.41, 5.74) is 6.77. The lowest BCUT2D eigenvalue weighted by Gasteiger charge is -2.35. The van der Waals surface area contributed by atoms with Crippen LogP contribution >= 0.6 is 0 Å². The van der Waals surface area contributed by atoms with Gasteiger partial charge in [-0.2, -0.15) is 4.98 Å². The molecule has 112 valence electrons. The summed E-state index contributed by atoms with van der Waals surface area (Å²) in [5, 5.41) is 4.72. The number of hydrogen-bond acceptors (Lipinski definition) is 4. The lowest BCUT2D eigenvalue weighted by molar-refractivity contribution is 0.253. The molecule has 0 aliphatic heterocycles. The number of nitrogens with two attached hydrogens (primary N) is 1. The van der Waals surface area contributed by atoms with Crippen LogP contribution in [0.25, 0.3) is 10.9 Å². The molecule has 1 aliphatic carbocycles. The first-order valence-corrected chi connectivity index (χ1v) is 7.94. The van der Waals surface area contributed by atoms with E-state index in [0.29, 0.717) is 23.8 Å². The molecule has 0 saturated heterocycles. The molecule has 0 bridgehead atoms. The Hall–Kier alpha value is -1.84. The summed E-state index contributed by atoms with van der Waals surface area (Å²) in [4.78, 5) is 8.75. The lowest BCUT2D eigenvalue weighted by Crippen LogP contribution is -2.35. The zero-order chi connectivity index (χ0) is 14.8. The van der Waals surface area contributed by atoms with Crippen molar-refractivity contribution in [3.8, 4) is 0 Å². The molecule has 1 fully saturated rings. The Morgan fingerprint density at radius 3 is 2.71 bits per heavy atom. The van der Waals surface area contributed by atoms with Gasteiger partial charge in [0.15, 0.2) is 0 Å². The number of nitrogens with zero attached hydrogens (tertiary/aromatic N) is 2. The predicted molar refractivity (Wildman–Crippen MR) is 88.2 cm³/mol. The highest BCUT2D eigenvalue weighted by Gasteiger charge is 2.28. The highest BCUT2D eigenvalue weighted by Crippen LogP contribution is 2.33. The van der Waals surface area contributed by atoms with Crippen molar-refractivity contribution in [3.05, 3.63) is 24.3 Å². The molecule has 1 aliphatic rings. The summed E-state index contributed by atoms with van der Waals surface area (Å²) in [6, 6.07) is 8.53. The molecule has 4 heteroatoms. The van der Waals surface area contributed by atoms with Gasteiger partial charge in [-0.25, -0.2) is 4.98 Å². The third-order valence-electron chi connectivity index (χ3n) is 4.62. The Morgan fingerprint density at radius 2 is 1.90 bits per heavy atom. The van der Waals surface area contributed by atoms with Gasteiger partial charge in [0.25, 0.3) is 0 Å². The minimum Gasteiger partial charge on any atom is -0.368 e. The van der Waals surface area contributed by atoms with Gasteiger partial charge in [-0.3, -0.25) is 0 Å². The highest BCUT2D eigenvalue weighted by molar-refractivity contribution is 5.89. The third kappa shape index (κ3) is 2.94. The van der Waals surface area contributed by atoms with E-state index in [1.165, 1.54) is 25.7 Å². The topological polar surface area (TPSA) is 63.8 Å². The summed E-state index contributed by atoms with van der Waals surface area (Å²) in [6.07, 6.45) is 5.14. The van der Waals surface area contributed by atoms with E-state index in [9.17, 15) is 0 Å². The molecule has 2 unspecified atom stereocenters. The van der Waals surface area contributed by atoms with Gasteiger partial charge in [0.2, 0.25) is 5.95 Å². The Morgan fingerprint density at radius 1 is 1.14 bits per heavy atom. The maximum atomic E-state index is 5.86. The number of nitrogens with one attached hydrogen (secondary N) is 1. The Labute approximate surface area is 126 Å². The van der Waals surface area contributed by atoms with Crippen molar-refractivity contribution in [2.75, 3.05) is 11.1 Å².